The Kier molecular flexibility index (Phi) is 3.08. The molecule has 2 atom stereocenters. The van der Waals surface area contributed by atoms with Crippen LogP contribution < -0.4 is 5.73 Å². The zero-order valence-electron chi connectivity index (χ0n) is 10.6. The minimum absolute atomic E-state index is 0.294. The number of carbonyl (C=O) groups is 1. The maximum atomic E-state index is 12.3. The van der Waals surface area contributed by atoms with Gasteiger partial charge in [-0.15, -0.1) is 0 Å². The number of nitrogens with zero attached hydrogens (tertiary/aromatic N) is 1. The Balaban J connectivity index is 1.63. The van der Waals surface area contributed by atoms with Crippen LogP contribution in [0.2, 0.25) is 0 Å². The topological polar surface area (TPSA) is 46.3 Å². The molecule has 1 amide bonds. The van der Waals surface area contributed by atoms with Crippen molar-refractivity contribution in [3.8, 4) is 0 Å². The monoisotopic (exact) mass is 244 g/mol. The largest absolute Gasteiger partial charge is 0.339 e. The highest BCUT2D eigenvalue weighted by Gasteiger charge is 2.39. The molecule has 1 saturated carbocycles. The third kappa shape index (κ3) is 2.15. The quantitative estimate of drug-likeness (QED) is 0.879. The Labute approximate surface area is 108 Å². The van der Waals surface area contributed by atoms with E-state index in [1.54, 1.807) is 0 Å². The van der Waals surface area contributed by atoms with E-state index in [0.717, 1.165) is 23.6 Å². The molecule has 18 heavy (non-hydrogen) atoms. The molecule has 2 N–H and O–H groups in total. The number of hydrogen-bond acceptors (Lipinski definition) is 2. The van der Waals surface area contributed by atoms with E-state index in [0.29, 0.717) is 24.9 Å². The Morgan fingerprint density at radius 1 is 1.22 bits per heavy atom. The summed E-state index contributed by atoms with van der Waals surface area (Å²) in [5, 5.41) is 0. The second-order valence-electron chi connectivity index (χ2n) is 5.58. The first-order chi connectivity index (χ1) is 8.76. The average Bonchev–Trinajstić information content (AvgIpc) is 3.02. The fraction of sp³-hybridized carbons (Fsp3) is 0.533. The molecule has 0 aromatic heterocycles. The number of carbonyl (C=O) groups excluding carboxylic acids is 1. The predicted molar refractivity (Wildman–Crippen MR) is 70.9 cm³/mol. The van der Waals surface area contributed by atoms with Crippen LogP contribution in [0.4, 0.5) is 0 Å². The van der Waals surface area contributed by atoms with Gasteiger partial charge in [-0.05, 0) is 36.3 Å². The second-order valence-corrected chi connectivity index (χ2v) is 5.58. The van der Waals surface area contributed by atoms with Gasteiger partial charge in [0.2, 0.25) is 5.91 Å². The zero-order chi connectivity index (χ0) is 12.5. The van der Waals surface area contributed by atoms with Gasteiger partial charge in [0, 0.05) is 19.1 Å². The van der Waals surface area contributed by atoms with Gasteiger partial charge < -0.3 is 10.6 Å². The molecular weight excluding hydrogens is 224 g/mol. The van der Waals surface area contributed by atoms with Crippen molar-refractivity contribution in [3.63, 3.8) is 0 Å². The second kappa shape index (κ2) is 4.73. The summed E-state index contributed by atoms with van der Waals surface area (Å²) in [6.07, 6.45) is 4.30. The molecule has 3 nitrogen and oxygen atoms in total. The van der Waals surface area contributed by atoms with Gasteiger partial charge in [-0.25, -0.2) is 0 Å². The number of fused-ring (bicyclic) bond motifs is 2. The summed E-state index contributed by atoms with van der Waals surface area (Å²) in [6.45, 7) is 1.55. The summed E-state index contributed by atoms with van der Waals surface area (Å²) in [6, 6.07) is 8.60. The molecule has 0 radical (unpaired) electrons. The summed E-state index contributed by atoms with van der Waals surface area (Å²) in [5.41, 5.74) is 7.78. The van der Waals surface area contributed by atoms with Gasteiger partial charge in [-0.3, -0.25) is 4.79 Å². The van der Waals surface area contributed by atoms with Crippen molar-refractivity contribution in [1.29, 1.82) is 0 Å². The third-order valence-electron chi connectivity index (χ3n) is 4.34. The first-order valence-electron chi connectivity index (χ1n) is 6.83. The third-order valence-corrected chi connectivity index (χ3v) is 4.34. The molecule has 1 aliphatic carbocycles. The normalized spacial score (nSPS) is 25.7. The Bertz CT molecular complexity index is 440. The highest BCUT2D eigenvalue weighted by molar-refractivity contribution is 5.79. The van der Waals surface area contributed by atoms with Crippen molar-refractivity contribution in [3.05, 3.63) is 35.4 Å². The maximum Gasteiger partial charge on any atom is 0.227 e. The van der Waals surface area contributed by atoms with Crippen molar-refractivity contribution in [2.75, 3.05) is 6.54 Å². The number of piperidine rings is 1. The summed E-state index contributed by atoms with van der Waals surface area (Å²) in [4.78, 5) is 14.4. The van der Waals surface area contributed by atoms with Crippen LogP contribution in [-0.2, 0) is 17.8 Å². The van der Waals surface area contributed by atoms with Crippen LogP contribution in [-0.4, -0.2) is 23.4 Å². The highest BCUT2D eigenvalue weighted by atomic mass is 16.2. The van der Waals surface area contributed by atoms with Crippen LogP contribution in [0.1, 0.15) is 30.4 Å². The van der Waals surface area contributed by atoms with E-state index in [9.17, 15) is 4.79 Å². The standard InChI is InChI=1S/C15H20N2O/c16-9-12-3-1-11(2-4-12)8-15(18)17-10-13-5-6-14(17)7-13/h1-4,13-14H,5-10,16H2. The van der Waals surface area contributed by atoms with Gasteiger partial charge in [-0.2, -0.15) is 0 Å². The lowest BCUT2D eigenvalue weighted by atomic mass is 10.1. The fourth-order valence-corrected chi connectivity index (χ4v) is 3.30. The van der Waals surface area contributed by atoms with E-state index in [-0.39, 0.29) is 0 Å². The van der Waals surface area contributed by atoms with Crippen LogP contribution in [0.25, 0.3) is 0 Å². The molecule has 1 saturated heterocycles. The van der Waals surface area contributed by atoms with Gasteiger partial charge in [0.25, 0.3) is 0 Å². The molecule has 96 valence electrons. The number of nitrogens with two attached hydrogens (primary N) is 1. The molecule has 2 fully saturated rings. The number of likely N-dealkylation sites (tertiary alicyclic amines) is 1. The SMILES string of the molecule is NCc1ccc(CC(=O)N2CC3CCC2C3)cc1. The summed E-state index contributed by atoms with van der Waals surface area (Å²) in [7, 11) is 0. The minimum Gasteiger partial charge on any atom is -0.339 e. The van der Waals surface area contributed by atoms with Crippen molar-refractivity contribution >= 4 is 5.91 Å². The first kappa shape index (κ1) is 11.7. The van der Waals surface area contributed by atoms with Gasteiger partial charge in [0.05, 0.1) is 6.42 Å². The summed E-state index contributed by atoms with van der Waals surface area (Å²) in [5.74, 6) is 1.07. The molecule has 3 rings (SSSR count). The fourth-order valence-electron chi connectivity index (χ4n) is 3.30. The van der Waals surface area contributed by atoms with Crippen LogP contribution in [0.15, 0.2) is 24.3 Å². The van der Waals surface area contributed by atoms with E-state index in [1.165, 1.54) is 19.3 Å². The molecule has 1 aliphatic heterocycles. The molecule has 3 heteroatoms. The smallest absolute Gasteiger partial charge is 0.227 e. The Morgan fingerprint density at radius 3 is 2.50 bits per heavy atom. The van der Waals surface area contributed by atoms with Crippen LogP contribution in [0, 0.1) is 5.92 Å². The molecule has 1 heterocycles. The lowest BCUT2D eigenvalue weighted by Crippen LogP contribution is -2.38. The molecule has 2 unspecified atom stereocenters. The van der Waals surface area contributed by atoms with Crippen LogP contribution in [0.3, 0.4) is 0 Å². The van der Waals surface area contributed by atoms with E-state index in [4.69, 9.17) is 5.73 Å². The van der Waals surface area contributed by atoms with Crippen molar-refractivity contribution < 1.29 is 4.79 Å². The number of amides is 1. The minimum atomic E-state index is 0.294. The van der Waals surface area contributed by atoms with E-state index < -0.39 is 0 Å². The lowest BCUT2D eigenvalue weighted by Gasteiger charge is -2.27. The number of rotatable bonds is 3. The van der Waals surface area contributed by atoms with Crippen LogP contribution in [0.5, 0.6) is 0 Å². The van der Waals surface area contributed by atoms with E-state index in [1.807, 2.05) is 24.3 Å². The van der Waals surface area contributed by atoms with Gasteiger partial charge in [0.15, 0.2) is 0 Å². The highest BCUT2D eigenvalue weighted by Crippen LogP contribution is 2.37. The summed E-state index contributed by atoms with van der Waals surface area (Å²) < 4.78 is 0. The Hall–Kier alpha value is -1.35. The predicted octanol–water partition coefficient (Wildman–Crippen LogP) is 1.70. The van der Waals surface area contributed by atoms with Gasteiger partial charge in [0.1, 0.15) is 0 Å². The van der Waals surface area contributed by atoms with Crippen molar-refractivity contribution in [2.24, 2.45) is 11.7 Å². The first-order valence-corrected chi connectivity index (χ1v) is 6.83. The molecule has 1 aromatic rings. The van der Waals surface area contributed by atoms with E-state index in [2.05, 4.69) is 4.90 Å². The molecular formula is C15H20N2O. The Morgan fingerprint density at radius 2 is 1.94 bits per heavy atom. The molecule has 2 bridgehead atoms. The van der Waals surface area contributed by atoms with Crippen LogP contribution >= 0.6 is 0 Å². The lowest BCUT2D eigenvalue weighted by molar-refractivity contribution is -0.132. The molecule has 0 spiro atoms. The summed E-state index contributed by atoms with van der Waals surface area (Å²) >= 11 is 0. The van der Waals surface area contributed by atoms with Crippen molar-refractivity contribution in [1.82, 2.24) is 4.90 Å². The van der Waals surface area contributed by atoms with Crippen molar-refractivity contribution in [2.45, 2.75) is 38.3 Å². The van der Waals surface area contributed by atoms with Gasteiger partial charge in [-0.1, -0.05) is 24.3 Å². The van der Waals surface area contributed by atoms with Gasteiger partial charge >= 0.3 is 0 Å². The average molecular weight is 244 g/mol. The maximum absolute atomic E-state index is 12.3. The molecule has 2 aliphatic rings. The number of benzene rings is 1. The number of hydrogen-bond donors (Lipinski definition) is 1. The zero-order valence-corrected chi connectivity index (χ0v) is 10.6. The molecule has 1 aromatic carbocycles. The van der Waals surface area contributed by atoms with E-state index >= 15 is 0 Å².